The molecule has 0 radical (unpaired) electrons. The number of nitrogens with zero attached hydrogens (tertiary/aromatic N) is 4. The number of aromatic nitrogens is 1. The standard InChI is InChI=1S/C19H30N4O/c1-16(15-17-5-9-21(2)10-6-17)19(24)23-13-11-22(12-14-23)18-3-7-20-8-4-18/h3-4,7-8,16-17H,5-6,9-15H2,1-2H3/t16-/m0/s1. The van der Waals surface area contributed by atoms with Gasteiger partial charge in [0.15, 0.2) is 0 Å². The molecule has 1 aromatic heterocycles. The van der Waals surface area contributed by atoms with E-state index in [1.165, 1.54) is 31.6 Å². The predicted molar refractivity (Wildman–Crippen MR) is 97.0 cm³/mol. The number of likely N-dealkylation sites (tertiary alicyclic amines) is 1. The molecule has 1 atom stereocenters. The molecule has 1 amide bonds. The van der Waals surface area contributed by atoms with Crippen LogP contribution in [-0.4, -0.2) is 67.0 Å². The lowest BCUT2D eigenvalue weighted by Crippen LogP contribution is -2.50. The van der Waals surface area contributed by atoms with Crippen molar-refractivity contribution in [2.24, 2.45) is 11.8 Å². The van der Waals surface area contributed by atoms with Gasteiger partial charge in [0.25, 0.3) is 0 Å². The molecule has 24 heavy (non-hydrogen) atoms. The maximum absolute atomic E-state index is 12.8. The molecule has 0 aliphatic carbocycles. The van der Waals surface area contributed by atoms with Crippen LogP contribution in [0.3, 0.4) is 0 Å². The topological polar surface area (TPSA) is 39.7 Å². The minimum atomic E-state index is 0.158. The zero-order valence-electron chi connectivity index (χ0n) is 15.0. The van der Waals surface area contributed by atoms with Gasteiger partial charge in [0, 0.05) is 50.2 Å². The Balaban J connectivity index is 1.46. The molecule has 2 fully saturated rings. The first-order valence-electron chi connectivity index (χ1n) is 9.26. The second-order valence-electron chi connectivity index (χ2n) is 7.40. The van der Waals surface area contributed by atoms with E-state index in [0.29, 0.717) is 5.91 Å². The first-order chi connectivity index (χ1) is 11.6. The molecule has 0 spiro atoms. The molecule has 2 aliphatic rings. The third-order valence-corrected chi connectivity index (χ3v) is 5.57. The highest BCUT2D eigenvalue weighted by atomic mass is 16.2. The Hall–Kier alpha value is -1.62. The zero-order chi connectivity index (χ0) is 16.9. The Bertz CT molecular complexity index is 519. The highest BCUT2D eigenvalue weighted by molar-refractivity contribution is 5.78. The van der Waals surface area contributed by atoms with E-state index >= 15 is 0 Å². The first kappa shape index (κ1) is 17.2. The summed E-state index contributed by atoms with van der Waals surface area (Å²) >= 11 is 0. The van der Waals surface area contributed by atoms with Crippen molar-refractivity contribution in [2.75, 3.05) is 51.2 Å². The summed E-state index contributed by atoms with van der Waals surface area (Å²) < 4.78 is 0. The molecule has 0 saturated carbocycles. The molecule has 0 aromatic carbocycles. The van der Waals surface area contributed by atoms with Crippen LogP contribution in [0.4, 0.5) is 5.69 Å². The fraction of sp³-hybridized carbons (Fsp3) is 0.684. The number of pyridine rings is 1. The summed E-state index contributed by atoms with van der Waals surface area (Å²) in [7, 11) is 2.19. The number of anilines is 1. The summed E-state index contributed by atoms with van der Waals surface area (Å²) in [5.74, 6) is 1.23. The molecule has 132 valence electrons. The Kier molecular flexibility index (Phi) is 5.72. The number of piperidine rings is 1. The number of piperazine rings is 1. The average molecular weight is 330 g/mol. The molecule has 2 saturated heterocycles. The van der Waals surface area contributed by atoms with Crippen LogP contribution in [-0.2, 0) is 4.79 Å². The van der Waals surface area contributed by atoms with E-state index in [9.17, 15) is 4.79 Å². The molecule has 5 nitrogen and oxygen atoms in total. The maximum atomic E-state index is 12.8. The highest BCUT2D eigenvalue weighted by Crippen LogP contribution is 2.25. The molecule has 0 bridgehead atoms. The van der Waals surface area contributed by atoms with Crippen molar-refractivity contribution < 1.29 is 4.79 Å². The van der Waals surface area contributed by atoms with Crippen molar-refractivity contribution in [3.05, 3.63) is 24.5 Å². The molecule has 0 unspecified atom stereocenters. The summed E-state index contributed by atoms with van der Waals surface area (Å²) in [4.78, 5) is 23.6. The molecule has 2 aliphatic heterocycles. The Morgan fingerprint density at radius 3 is 2.38 bits per heavy atom. The van der Waals surface area contributed by atoms with Gasteiger partial charge in [-0.05, 0) is 57.5 Å². The summed E-state index contributed by atoms with van der Waals surface area (Å²) in [5.41, 5.74) is 1.21. The van der Waals surface area contributed by atoms with Gasteiger partial charge >= 0.3 is 0 Å². The van der Waals surface area contributed by atoms with Crippen LogP contribution in [0.2, 0.25) is 0 Å². The van der Waals surface area contributed by atoms with E-state index in [1.807, 2.05) is 24.5 Å². The Morgan fingerprint density at radius 1 is 1.12 bits per heavy atom. The van der Waals surface area contributed by atoms with Crippen molar-refractivity contribution in [1.29, 1.82) is 0 Å². The van der Waals surface area contributed by atoms with Crippen molar-refractivity contribution in [1.82, 2.24) is 14.8 Å². The second kappa shape index (κ2) is 7.97. The van der Waals surface area contributed by atoms with Crippen molar-refractivity contribution in [2.45, 2.75) is 26.2 Å². The smallest absolute Gasteiger partial charge is 0.225 e. The largest absolute Gasteiger partial charge is 0.368 e. The van der Waals surface area contributed by atoms with E-state index < -0.39 is 0 Å². The quantitative estimate of drug-likeness (QED) is 0.848. The monoisotopic (exact) mass is 330 g/mol. The number of rotatable bonds is 4. The molecule has 5 heteroatoms. The van der Waals surface area contributed by atoms with Crippen LogP contribution < -0.4 is 4.90 Å². The van der Waals surface area contributed by atoms with Crippen LogP contribution >= 0.6 is 0 Å². The number of carbonyl (C=O) groups excluding carboxylic acids is 1. The molecule has 1 aromatic rings. The summed E-state index contributed by atoms with van der Waals surface area (Å²) in [6.07, 6.45) is 7.19. The van der Waals surface area contributed by atoms with Crippen LogP contribution in [0.5, 0.6) is 0 Å². The minimum absolute atomic E-state index is 0.158. The predicted octanol–water partition coefficient (Wildman–Crippen LogP) is 2.10. The second-order valence-corrected chi connectivity index (χ2v) is 7.40. The maximum Gasteiger partial charge on any atom is 0.225 e. The van der Waals surface area contributed by atoms with Gasteiger partial charge in [0.1, 0.15) is 0 Å². The van der Waals surface area contributed by atoms with Crippen LogP contribution in [0.1, 0.15) is 26.2 Å². The summed E-state index contributed by atoms with van der Waals surface area (Å²) in [5, 5.41) is 0. The van der Waals surface area contributed by atoms with E-state index in [0.717, 1.165) is 38.5 Å². The lowest BCUT2D eigenvalue weighted by atomic mass is 9.87. The van der Waals surface area contributed by atoms with Gasteiger partial charge in [-0.2, -0.15) is 0 Å². The van der Waals surface area contributed by atoms with Crippen molar-refractivity contribution in [3.63, 3.8) is 0 Å². The molecule has 3 heterocycles. The Morgan fingerprint density at radius 2 is 1.75 bits per heavy atom. The molecule has 3 rings (SSSR count). The Labute approximate surface area is 145 Å². The number of hydrogen-bond acceptors (Lipinski definition) is 4. The lowest BCUT2D eigenvalue weighted by Gasteiger charge is -2.38. The van der Waals surface area contributed by atoms with E-state index in [4.69, 9.17) is 0 Å². The fourth-order valence-electron chi connectivity index (χ4n) is 3.95. The minimum Gasteiger partial charge on any atom is -0.368 e. The van der Waals surface area contributed by atoms with E-state index in [-0.39, 0.29) is 5.92 Å². The van der Waals surface area contributed by atoms with Gasteiger partial charge < -0.3 is 14.7 Å². The van der Waals surface area contributed by atoms with Gasteiger partial charge in [-0.1, -0.05) is 6.92 Å². The SMILES string of the molecule is C[C@@H](CC1CCN(C)CC1)C(=O)N1CCN(c2ccncc2)CC1. The summed E-state index contributed by atoms with van der Waals surface area (Å²) in [6, 6.07) is 4.08. The van der Waals surface area contributed by atoms with Gasteiger partial charge in [0.05, 0.1) is 0 Å². The first-order valence-corrected chi connectivity index (χ1v) is 9.26. The highest BCUT2D eigenvalue weighted by Gasteiger charge is 2.27. The fourth-order valence-corrected chi connectivity index (χ4v) is 3.95. The number of carbonyl (C=O) groups is 1. The molecule has 0 N–H and O–H groups in total. The zero-order valence-corrected chi connectivity index (χ0v) is 15.0. The van der Waals surface area contributed by atoms with E-state index in [1.54, 1.807) is 0 Å². The third-order valence-electron chi connectivity index (χ3n) is 5.57. The summed E-state index contributed by atoms with van der Waals surface area (Å²) in [6.45, 7) is 7.97. The van der Waals surface area contributed by atoms with Crippen LogP contribution in [0.25, 0.3) is 0 Å². The average Bonchev–Trinajstić information content (AvgIpc) is 2.64. The molecular formula is C19H30N4O. The van der Waals surface area contributed by atoms with Gasteiger partial charge in [0.2, 0.25) is 5.91 Å². The van der Waals surface area contributed by atoms with E-state index in [2.05, 4.69) is 33.7 Å². The molecular weight excluding hydrogens is 300 g/mol. The van der Waals surface area contributed by atoms with Gasteiger partial charge in [-0.3, -0.25) is 9.78 Å². The van der Waals surface area contributed by atoms with Crippen molar-refractivity contribution >= 4 is 11.6 Å². The van der Waals surface area contributed by atoms with Crippen molar-refractivity contribution in [3.8, 4) is 0 Å². The normalized spacial score (nSPS) is 21.8. The number of hydrogen-bond donors (Lipinski definition) is 0. The van der Waals surface area contributed by atoms with Crippen LogP contribution in [0.15, 0.2) is 24.5 Å². The lowest BCUT2D eigenvalue weighted by molar-refractivity contribution is -0.136. The number of amides is 1. The van der Waals surface area contributed by atoms with Gasteiger partial charge in [-0.25, -0.2) is 0 Å². The third kappa shape index (κ3) is 4.26. The van der Waals surface area contributed by atoms with Gasteiger partial charge in [-0.15, -0.1) is 0 Å². The van der Waals surface area contributed by atoms with Crippen LogP contribution in [0, 0.1) is 11.8 Å².